The van der Waals surface area contributed by atoms with Crippen molar-refractivity contribution >= 4 is 23.7 Å². The third-order valence-electron chi connectivity index (χ3n) is 9.79. The summed E-state index contributed by atoms with van der Waals surface area (Å²) in [6.45, 7) is 10.7. The molecular weight excluding hydrogens is 588 g/mol. The summed E-state index contributed by atoms with van der Waals surface area (Å²) in [5.41, 5.74) is 5.91. The highest BCUT2D eigenvalue weighted by Gasteiger charge is 2.37. The van der Waals surface area contributed by atoms with E-state index in [1.54, 1.807) is 17.8 Å². The topological polar surface area (TPSA) is 109 Å². The molecular formula is C37H54N8O2. The van der Waals surface area contributed by atoms with Crippen molar-refractivity contribution in [1.82, 2.24) is 39.9 Å². The molecule has 0 aromatic carbocycles. The fourth-order valence-electron chi connectivity index (χ4n) is 6.75. The van der Waals surface area contributed by atoms with Crippen LogP contribution in [0.15, 0.2) is 66.8 Å². The van der Waals surface area contributed by atoms with Gasteiger partial charge in [0, 0.05) is 55.1 Å². The molecule has 10 nitrogen and oxygen atoms in total. The van der Waals surface area contributed by atoms with Crippen molar-refractivity contribution in [2.75, 3.05) is 20.1 Å². The molecule has 1 saturated heterocycles. The van der Waals surface area contributed by atoms with Gasteiger partial charge in [0.2, 0.25) is 12.3 Å². The second-order valence-corrected chi connectivity index (χ2v) is 12.7. The minimum Gasteiger partial charge on any atom is -0.362 e. The van der Waals surface area contributed by atoms with Crippen molar-refractivity contribution < 1.29 is 9.59 Å². The number of amides is 2. The molecule has 1 aliphatic heterocycles. The van der Waals surface area contributed by atoms with Crippen LogP contribution in [0.5, 0.6) is 0 Å². The van der Waals surface area contributed by atoms with E-state index < -0.39 is 0 Å². The highest BCUT2D eigenvalue weighted by atomic mass is 16.1. The molecule has 0 bridgehead atoms. The van der Waals surface area contributed by atoms with Crippen LogP contribution in [0.2, 0.25) is 0 Å². The number of hydrogen-bond acceptors (Lipinski definition) is 6. The molecule has 1 saturated carbocycles. The van der Waals surface area contributed by atoms with Gasteiger partial charge in [-0.05, 0) is 96.0 Å². The predicted molar refractivity (Wildman–Crippen MR) is 189 cm³/mol. The van der Waals surface area contributed by atoms with Gasteiger partial charge in [0.05, 0.1) is 17.6 Å². The van der Waals surface area contributed by atoms with Gasteiger partial charge in [-0.25, -0.2) is 14.2 Å². The Bertz CT molecular complexity index is 1520. The lowest BCUT2D eigenvalue weighted by molar-refractivity contribution is -0.123. The Morgan fingerprint density at radius 2 is 1.81 bits per heavy atom. The first-order valence-electron chi connectivity index (χ1n) is 17.4. The van der Waals surface area contributed by atoms with E-state index in [1.165, 1.54) is 48.2 Å². The summed E-state index contributed by atoms with van der Waals surface area (Å²) in [6, 6.07) is 4.76. The molecule has 6 rings (SSSR count). The van der Waals surface area contributed by atoms with Crippen LogP contribution in [0, 0.1) is 0 Å². The van der Waals surface area contributed by atoms with Crippen molar-refractivity contribution in [3.05, 3.63) is 78.1 Å². The van der Waals surface area contributed by atoms with Gasteiger partial charge in [0.25, 0.3) is 0 Å². The number of hydrogen-bond donors (Lipinski definition) is 2. The third kappa shape index (κ3) is 9.73. The fourth-order valence-corrected chi connectivity index (χ4v) is 6.75. The lowest BCUT2D eigenvalue weighted by atomic mass is 9.76. The first-order valence-corrected chi connectivity index (χ1v) is 17.4. The van der Waals surface area contributed by atoms with Crippen LogP contribution in [0.4, 0.5) is 0 Å². The Morgan fingerprint density at radius 3 is 2.47 bits per heavy atom. The number of carbonyl (C=O) groups excluding carboxylic acids is 2. The maximum Gasteiger partial charge on any atom is 0.220 e. The average Bonchev–Trinajstić information content (AvgIpc) is 3.73. The highest BCUT2D eigenvalue weighted by molar-refractivity contribution is 5.76. The molecule has 3 aromatic heterocycles. The SMILES string of the molecule is CCC(=O)NC1(CC)CCC(N2CCC(c3ccn(C4=CCC=C(C)C=C4)n3)CC2)CC1.CCc1cnn2cccnc12.CNC=O. The second kappa shape index (κ2) is 17.8. The average molecular weight is 643 g/mol. The van der Waals surface area contributed by atoms with E-state index in [9.17, 15) is 4.79 Å². The van der Waals surface area contributed by atoms with Crippen LogP contribution in [0.3, 0.4) is 0 Å². The number of nitrogens with zero attached hydrogens (tertiary/aromatic N) is 6. The van der Waals surface area contributed by atoms with Gasteiger partial charge >= 0.3 is 0 Å². The van der Waals surface area contributed by atoms with Crippen LogP contribution in [-0.2, 0) is 16.0 Å². The second-order valence-electron chi connectivity index (χ2n) is 12.7. The zero-order chi connectivity index (χ0) is 33.6. The van der Waals surface area contributed by atoms with E-state index in [0.717, 1.165) is 50.8 Å². The summed E-state index contributed by atoms with van der Waals surface area (Å²) < 4.78 is 3.83. The molecule has 0 unspecified atom stereocenters. The lowest BCUT2D eigenvalue weighted by Crippen LogP contribution is -2.53. The number of allylic oxidation sites excluding steroid dienone is 6. The first kappa shape index (κ1) is 35.8. The van der Waals surface area contributed by atoms with E-state index in [4.69, 9.17) is 9.89 Å². The number of piperidine rings is 1. The first-order chi connectivity index (χ1) is 22.8. The number of fused-ring (bicyclic) bond motifs is 1. The van der Waals surface area contributed by atoms with Crippen LogP contribution < -0.4 is 10.6 Å². The molecule has 0 radical (unpaired) electrons. The predicted octanol–water partition coefficient (Wildman–Crippen LogP) is 6.08. The molecule has 254 valence electrons. The minimum atomic E-state index is 0.0317. The summed E-state index contributed by atoms with van der Waals surface area (Å²) in [5, 5.41) is 14.7. The normalized spacial score (nSPS) is 21.7. The van der Waals surface area contributed by atoms with Crippen LogP contribution in [0.25, 0.3) is 11.3 Å². The van der Waals surface area contributed by atoms with Gasteiger partial charge in [-0.3, -0.25) is 9.59 Å². The van der Waals surface area contributed by atoms with Crippen molar-refractivity contribution in [2.45, 2.75) is 109 Å². The van der Waals surface area contributed by atoms with Crippen molar-refractivity contribution in [3.63, 3.8) is 0 Å². The maximum absolute atomic E-state index is 12.0. The molecule has 2 N–H and O–H groups in total. The summed E-state index contributed by atoms with van der Waals surface area (Å²) in [4.78, 5) is 28.0. The van der Waals surface area contributed by atoms with E-state index in [1.807, 2.05) is 30.1 Å². The van der Waals surface area contributed by atoms with Gasteiger partial charge < -0.3 is 15.5 Å². The largest absolute Gasteiger partial charge is 0.362 e. The number of aromatic nitrogens is 5. The molecule has 0 spiro atoms. The summed E-state index contributed by atoms with van der Waals surface area (Å²) >= 11 is 0. The number of nitrogens with one attached hydrogen (secondary N) is 2. The summed E-state index contributed by atoms with van der Waals surface area (Å²) in [5.74, 6) is 0.761. The minimum absolute atomic E-state index is 0.0317. The van der Waals surface area contributed by atoms with Gasteiger partial charge in [0.1, 0.15) is 0 Å². The molecule has 10 heteroatoms. The van der Waals surface area contributed by atoms with Crippen molar-refractivity contribution in [2.24, 2.45) is 0 Å². The lowest BCUT2D eigenvalue weighted by Gasteiger charge is -2.45. The molecule has 47 heavy (non-hydrogen) atoms. The number of rotatable bonds is 8. The Balaban J connectivity index is 0.000000274. The van der Waals surface area contributed by atoms with Crippen LogP contribution in [-0.4, -0.2) is 73.3 Å². The Labute approximate surface area is 280 Å². The summed E-state index contributed by atoms with van der Waals surface area (Å²) in [6.07, 6.45) is 27.7. The molecule has 0 atom stereocenters. The Kier molecular flexibility index (Phi) is 13.5. The van der Waals surface area contributed by atoms with Crippen molar-refractivity contribution in [3.8, 4) is 0 Å². The standard InChI is InChI=1S/C27H40N4O.C8H9N3.C2H5NO/c1-4-26(32)28-27(5-2)16-11-23(12-17-27)30-18-13-22(14-19-30)25-15-20-31(29-25)24-8-6-7-21(3)9-10-24;1-2-7-6-10-11-5-3-4-9-8(7)11;1-3-2-4/h7-10,15,20,22-23H,4-6,11-14,16-19H2,1-3H3,(H,28,32);3-6H,2H2,1H3;2H,1H3,(H,3,4). The highest BCUT2D eigenvalue weighted by Crippen LogP contribution is 2.36. The van der Waals surface area contributed by atoms with Crippen molar-refractivity contribution in [1.29, 1.82) is 0 Å². The number of likely N-dealkylation sites (tertiary alicyclic amines) is 1. The quantitative estimate of drug-likeness (QED) is 0.288. The molecule has 2 aliphatic carbocycles. The monoisotopic (exact) mass is 642 g/mol. The zero-order valence-corrected chi connectivity index (χ0v) is 29.0. The molecule has 2 amide bonds. The number of aryl methyl sites for hydroxylation is 1. The zero-order valence-electron chi connectivity index (χ0n) is 29.0. The van der Waals surface area contributed by atoms with Gasteiger partial charge in [-0.1, -0.05) is 44.6 Å². The van der Waals surface area contributed by atoms with Gasteiger partial charge in [0.15, 0.2) is 5.65 Å². The maximum atomic E-state index is 12.0. The van der Waals surface area contributed by atoms with E-state index in [-0.39, 0.29) is 11.4 Å². The van der Waals surface area contributed by atoms with E-state index in [0.29, 0.717) is 24.8 Å². The third-order valence-corrected chi connectivity index (χ3v) is 9.79. The Morgan fingerprint density at radius 1 is 1.06 bits per heavy atom. The van der Waals surface area contributed by atoms with Crippen LogP contribution in [0.1, 0.15) is 103 Å². The molecule has 2 fully saturated rings. The van der Waals surface area contributed by atoms with Crippen LogP contribution >= 0.6 is 0 Å². The molecule has 4 heterocycles. The van der Waals surface area contributed by atoms with Gasteiger partial charge in [-0.15, -0.1) is 0 Å². The smallest absolute Gasteiger partial charge is 0.220 e. The summed E-state index contributed by atoms with van der Waals surface area (Å²) in [7, 11) is 1.56. The number of carbonyl (C=O) groups is 2. The van der Waals surface area contributed by atoms with Gasteiger partial charge in [-0.2, -0.15) is 10.2 Å². The Hall–Kier alpha value is -4.05. The fraction of sp³-hybridized carbons (Fsp3) is 0.541. The molecule has 3 aliphatic rings. The van der Waals surface area contributed by atoms with E-state index >= 15 is 0 Å². The van der Waals surface area contributed by atoms with E-state index in [2.05, 4.69) is 83.0 Å². The molecule has 3 aromatic rings.